The van der Waals surface area contributed by atoms with Gasteiger partial charge in [-0.2, -0.15) is 5.10 Å². The van der Waals surface area contributed by atoms with E-state index >= 15 is 0 Å². The highest BCUT2D eigenvalue weighted by molar-refractivity contribution is 5.90. The van der Waals surface area contributed by atoms with Crippen LogP contribution in [0, 0.1) is 5.82 Å². The molecular formula is C24H22FN3O5. The summed E-state index contributed by atoms with van der Waals surface area (Å²) in [5.41, 5.74) is 2.44. The Labute approximate surface area is 189 Å². The average Bonchev–Trinajstić information content (AvgIpc) is 3.39. The number of carboxylic acid groups (broad SMARTS) is 1. The van der Waals surface area contributed by atoms with Gasteiger partial charge in [0.05, 0.1) is 30.5 Å². The molecule has 8 nitrogen and oxygen atoms in total. The highest BCUT2D eigenvalue weighted by Gasteiger charge is 2.32. The maximum absolute atomic E-state index is 14.9. The molecule has 3 aromatic rings. The molecule has 0 unspecified atom stereocenters. The Morgan fingerprint density at radius 3 is 2.61 bits per heavy atom. The van der Waals surface area contributed by atoms with Crippen molar-refractivity contribution in [2.75, 3.05) is 11.4 Å². The standard InChI is InChI=1S/C24H22FN3O5/c1-15(29)2-8-20-14-28(24(32)33-20)19-7-9-21(22(25)10-19)17-5-3-16(4-6-17)12-27-13-18(11-26-27)23(30)31/h3-7,9-11,13,20H,2,8,12,14H2,1H3,(H,30,31)/t20-/m0/s1. The van der Waals surface area contributed by atoms with Crippen molar-refractivity contribution in [3.05, 3.63) is 71.8 Å². The lowest BCUT2D eigenvalue weighted by molar-refractivity contribution is -0.117. The van der Waals surface area contributed by atoms with Gasteiger partial charge in [0.2, 0.25) is 0 Å². The molecule has 1 atom stereocenters. The average molecular weight is 451 g/mol. The number of nitrogens with zero attached hydrogens (tertiary/aromatic N) is 3. The summed E-state index contributed by atoms with van der Waals surface area (Å²) in [6, 6.07) is 11.8. The second-order valence-corrected chi connectivity index (χ2v) is 7.95. The zero-order valence-electron chi connectivity index (χ0n) is 17.9. The molecule has 2 heterocycles. The van der Waals surface area contributed by atoms with Crippen LogP contribution in [0.2, 0.25) is 0 Å². The number of aromatic nitrogens is 2. The van der Waals surface area contributed by atoms with Gasteiger partial charge in [-0.3, -0.25) is 9.58 Å². The van der Waals surface area contributed by atoms with E-state index in [9.17, 15) is 18.8 Å². The fourth-order valence-electron chi connectivity index (χ4n) is 3.69. The number of carbonyl (C=O) groups excluding carboxylic acids is 2. The van der Waals surface area contributed by atoms with E-state index in [2.05, 4.69) is 5.10 Å². The molecule has 0 radical (unpaired) electrons. The van der Waals surface area contributed by atoms with Crippen LogP contribution in [-0.2, 0) is 16.1 Å². The molecule has 1 amide bonds. The summed E-state index contributed by atoms with van der Waals surface area (Å²) in [5.74, 6) is -1.48. The van der Waals surface area contributed by atoms with Gasteiger partial charge in [-0.05, 0) is 42.7 Å². The number of hydrogen-bond donors (Lipinski definition) is 1. The number of carboxylic acids is 1. The van der Waals surface area contributed by atoms with Crippen molar-refractivity contribution >= 4 is 23.5 Å². The lowest BCUT2D eigenvalue weighted by Crippen LogP contribution is -2.24. The molecule has 4 rings (SSSR count). The van der Waals surface area contributed by atoms with Crippen LogP contribution >= 0.6 is 0 Å². The number of cyclic esters (lactones) is 1. The molecule has 1 fully saturated rings. The third-order valence-electron chi connectivity index (χ3n) is 5.45. The molecule has 33 heavy (non-hydrogen) atoms. The molecule has 1 aliphatic rings. The second-order valence-electron chi connectivity index (χ2n) is 7.95. The maximum atomic E-state index is 14.9. The van der Waals surface area contributed by atoms with E-state index in [1.54, 1.807) is 24.3 Å². The molecule has 1 aromatic heterocycles. The lowest BCUT2D eigenvalue weighted by Gasteiger charge is -2.14. The third-order valence-corrected chi connectivity index (χ3v) is 5.45. The Morgan fingerprint density at radius 2 is 1.97 bits per heavy atom. The van der Waals surface area contributed by atoms with E-state index in [-0.39, 0.29) is 17.9 Å². The number of halogens is 1. The Bertz CT molecular complexity index is 1210. The van der Waals surface area contributed by atoms with Crippen molar-refractivity contribution < 1.29 is 28.6 Å². The highest BCUT2D eigenvalue weighted by Crippen LogP contribution is 2.30. The van der Waals surface area contributed by atoms with Crippen LogP contribution < -0.4 is 4.90 Å². The van der Waals surface area contributed by atoms with Crippen molar-refractivity contribution in [1.82, 2.24) is 9.78 Å². The lowest BCUT2D eigenvalue weighted by atomic mass is 10.0. The minimum Gasteiger partial charge on any atom is -0.478 e. The predicted molar refractivity (Wildman–Crippen MR) is 118 cm³/mol. The first-order chi connectivity index (χ1) is 15.8. The van der Waals surface area contributed by atoms with E-state index < -0.39 is 24.0 Å². The van der Waals surface area contributed by atoms with Gasteiger partial charge in [0.1, 0.15) is 17.7 Å². The minimum absolute atomic E-state index is 0.0283. The Morgan fingerprint density at radius 1 is 1.21 bits per heavy atom. The highest BCUT2D eigenvalue weighted by atomic mass is 19.1. The number of amides is 1. The molecule has 170 valence electrons. The zero-order chi connectivity index (χ0) is 23.5. The van der Waals surface area contributed by atoms with Crippen molar-refractivity contribution in [3.63, 3.8) is 0 Å². The monoisotopic (exact) mass is 451 g/mol. The van der Waals surface area contributed by atoms with E-state index in [1.165, 1.54) is 35.0 Å². The summed E-state index contributed by atoms with van der Waals surface area (Å²) in [7, 11) is 0. The molecule has 2 aromatic carbocycles. The molecule has 0 saturated carbocycles. The van der Waals surface area contributed by atoms with E-state index in [0.717, 1.165) is 5.56 Å². The van der Waals surface area contributed by atoms with Crippen LogP contribution in [0.3, 0.4) is 0 Å². The zero-order valence-corrected chi connectivity index (χ0v) is 17.9. The number of hydrogen-bond acceptors (Lipinski definition) is 5. The number of rotatable bonds is 8. The number of carbonyl (C=O) groups is 3. The van der Waals surface area contributed by atoms with Crippen LogP contribution in [0.15, 0.2) is 54.9 Å². The Hall–Kier alpha value is -4.01. The molecule has 9 heteroatoms. The first-order valence-corrected chi connectivity index (χ1v) is 10.4. The number of ketones is 1. The first-order valence-electron chi connectivity index (χ1n) is 10.4. The number of aromatic carboxylic acids is 1. The third kappa shape index (κ3) is 5.08. The largest absolute Gasteiger partial charge is 0.478 e. The molecule has 0 bridgehead atoms. The second kappa shape index (κ2) is 9.23. The quantitative estimate of drug-likeness (QED) is 0.553. The van der Waals surface area contributed by atoms with Gasteiger partial charge >= 0.3 is 12.1 Å². The van der Waals surface area contributed by atoms with Crippen LogP contribution in [0.5, 0.6) is 0 Å². The van der Waals surface area contributed by atoms with Gasteiger partial charge in [0.25, 0.3) is 0 Å². The summed E-state index contributed by atoms with van der Waals surface area (Å²) >= 11 is 0. The maximum Gasteiger partial charge on any atom is 0.414 e. The van der Waals surface area contributed by atoms with Gasteiger partial charge in [0, 0.05) is 18.2 Å². The summed E-state index contributed by atoms with van der Waals surface area (Å²) in [6.45, 7) is 2.15. The number of benzene rings is 2. The van der Waals surface area contributed by atoms with Gasteiger partial charge in [-0.1, -0.05) is 24.3 Å². The fourth-order valence-corrected chi connectivity index (χ4v) is 3.69. The molecule has 1 aliphatic heterocycles. The predicted octanol–water partition coefficient (Wildman–Crippen LogP) is 4.13. The molecule has 1 saturated heterocycles. The summed E-state index contributed by atoms with van der Waals surface area (Å²) in [4.78, 5) is 35.7. The summed E-state index contributed by atoms with van der Waals surface area (Å²) in [5, 5.41) is 13.0. The number of anilines is 1. The van der Waals surface area contributed by atoms with Crippen molar-refractivity contribution in [2.24, 2.45) is 0 Å². The minimum atomic E-state index is -1.04. The molecule has 1 N–H and O–H groups in total. The summed E-state index contributed by atoms with van der Waals surface area (Å²) < 4.78 is 21.7. The fraction of sp³-hybridized carbons (Fsp3) is 0.250. The normalized spacial score (nSPS) is 15.5. The van der Waals surface area contributed by atoms with Gasteiger partial charge in [-0.15, -0.1) is 0 Å². The number of ether oxygens (including phenoxy) is 1. The van der Waals surface area contributed by atoms with E-state index in [4.69, 9.17) is 9.84 Å². The van der Waals surface area contributed by atoms with Gasteiger partial charge in [-0.25, -0.2) is 14.0 Å². The van der Waals surface area contributed by atoms with Gasteiger partial charge in [0.15, 0.2) is 0 Å². The topological polar surface area (TPSA) is 102 Å². The SMILES string of the molecule is CC(=O)CC[C@H]1CN(c2ccc(-c3ccc(Cn4cc(C(=O)O)cn4)cc3)c(F)c2)C(=O)O1. The van der Waals surface area contributed by atoms with Crippen LogP contribution in [0.4, 0.5) is 14.9 Å². The molecule has 0 aliphatic carbocycles. The van der Waals surface area contributed by atoms with Gasteiger partial charge < -0.3 is 14.6 Å². The van der Waals surface area contributed by atoms with E-state index in [1.807, 2.05) is 12.1 Å². The van der Waals surface area contributed by atoms with Crippen molar-refractivity contribution in [2.45, 2.75) is 32.4 Å². The van der Waals surface area contributed by atoms with Crippen LogP contribution in [-0.4, -0.2) is 45.4 Å². The number of Topliss-reactive ketones (excluding diaryl/α,β-unsaturated/α-hetero) is 1. The van der Waals surface area contributed by atoms with Crippen molar-refractivity contribution in [1.29, 1.82) is 0 Å². The smallest absolute Gasteiger partial charge is 0.414 e. The Balaban J connectivity index is 1.45. The first kappa shape index (κ1) is 22.2. The van der Waals surface area contributed by atoms with Crippen LogP contribution in [0.25, 0.3) is 11.1 Å². The Kier molecular flexibility index (Phi) is 6.21. The molecule has 0 spiro atoms. The summed E-state index contributed by atoms with van der Waals surface area (Å²) in [6.07, 6.45) is 2.57. The van der Waals surface area contributed by atoms with E-state index in [0.29, 0.717) is 36.2 Å². The van der Waals surface area contributed by atoms with Crippen LogP contribution in [0.1, 0.15) is 35.7 Å². The van der Waals surface area contributed by atoms with Crippen molar-refractivity contribution in [3.8, 4) is 11.1 Å². The molecular weight excluding hydrogens is 429 g/mol.